The minimum Gasteiger partial charge on any atom is -0.454 e. The van der Waals surface area contributed by atoms with Crippen LogP contribution in [0.4, 0.5) is 0 Å². The zero-order valence-electron chi connectivity index (χ0n) is 10.2. The van der Waals surface area contributed by atoms with E-state index in [1.54, 1.807) is 11.3 Å². The van der Waals surface area contributed by atoms with Crippen LogP contribution in [0.25, 0.3) is 31.7 Å². The van der Waals surface area contributed by atoms with Crippen LogP contribution < -0.4 is 0 Å². The van der Waals surface area contributed by atoms with Crippen molar-refractivity contribution in [2.45, 2.75) is 0 Å². The van der Waals surface area contributed by atoms with Crippen molar-refractivity contribution >= 4 is 77.6 Å². The molecule has 0 bridgehead atoms. The predicted octanol–water partition coefficient (Wildman–Crippen LogP) is 6.52. The molecule has 0 atom stereocenters. The Kier molecular flexibility index (Phi) is 3.27. The molecular formula is C16H8I2OS. The molecule has 20 heavy (non-hydrogen) atoms. The maximum Gasteiger partial charge on any atom is 0.159 e. The Hall–Kier alpha value is -0.600. The molecule has 0 radical (unpaired) electrons. The fourth-order valence-electron chi connectivity index (χ4n) is 2.32. The van der Waals surface area contributed by atoms with E-state index < -0.39 is 0 Å². The van der Waals surface area contributed by atoms with Gasteiger partial charge in [0.05, 0.1) is 8.45 Å². The molecule has 1 nitrogen and oxygen atoms in total. The van der Waals surface area contributed by atoms with Crippen LogP contribution >= 0.6 is 56.5 Å². The number of para-hydroxylation sites is 1. The van der Waals surface area contributed by atoms with Crippen molar-refractivity contribution in [3.63, 3.8) is 0 Å². The van der Waals surface area contributed by atoms with Crippen LogP contribution in [0.3, 0.4) is 0 Å². The van der Waals surface area contributed by atoms with E-state index in [0.717, 1.165) is 11.3 Å². The van der Waals surface area contributed by atoms with Crippen LogP contribution in [-0.4, -0.2) is 0 Å². The van der Waals surface area contributed by atoms with E-state index in [4.69, 9.17) is 4.42 Å². The minimum atomic E-state index is 0.958. The van der Waals surface area contributed by atoms with E-state index in [2.05, 4.69) is 81.6 Å². The third-order valence-electron chi connectivity index (χ3n) is 3.28. The van der Waals surface area contributed by atoms with Crippen molar-refractivity contribution in [1.82, 2.24) is 0 Å². The molecular weight excluding hydrogens is 494 g/mol. The average molecular weight is 502 g/mol. The normalized spacial score (nSPS) is 11.5. The molecule has 0 spiro atoms. The third kappa shape index (κ3) is 1.92. The number of halogens is 2. The second kappa shape index (κ2) is 4.99. The molecule has 0 unspecified atom stereocenters. The lowest BCUT2D eigenvalue weighted by molar-refractivity contribution is 0.631. The molecule has 0 saturated carbocycles. The molecule has 2 aromatic carbocycles. The van der Waals surface area contributed by atoms with Gasteiger partial charge in [-0.15, -0.1) is 11.3 Å². The molecule has 4 heteroatoms. The van der Waals surface area contributed by atoms with Crippen molar-refractivity contribution in [2.75, 3.05) is 0 Å². The molecule has 0 aliphatic rings. The van der Waals surface area contributed by atoms with Gasteiger partial charge in [0.2, 0.25) is 0 Å². The number of benzene rings is 2. The van der Waals surface area contributed by atoms with Gasteiger partial charge in [-0.3, -0.25) is 0 Å². The Labute approximate surface area is 147 Å². The van der Waals surface area contributed by atoms with E-state index in [1.165, 1.54) is 27.5 Å². The maximum atomic E-state index is 6.09. The molecule has 2 heterocycles. The summed E-state index contributed by atoms with van der Waals surface area (Å²) in [5.41, 5.74) is 0.958. The molecule has 0 aliphatic heterocycles. The van der Waals surface area contributed by atoms with Crippen LogP contribution in [-0.2, 0) is 0 Å². The van der Waals surface area contributed by atoms with Gasteiger partial charge in [0.25, 0.3) is 0 Å². The Morgan fingerprint density at radius 2 is 1.50 bits per heavy atom. The highest BCUT2D eigenvalue weighted by Crippen LogP contribution is 2.43. The molecule has 0 N–H and O–H groups in total. The van der Waals surface area contributed by atoms with E-state index in [1.807, 2.05) is 12.1 Å². The van der Waals surface area contributed by atoms with Gasteiger partial charge in [0.15, 0.2) is 5.76 Å². The quantitative estimate of drug-likeness (QED) is 0.270. The van der Waals surface area contributed by atoms with Crippen LogP contribution in [0.15, 0.2) is 52.9 Å². The summed E-state index contributed by atoms with van der Waals surface area (Å²) in [6.07, 6.45) is 0. The predicted molar refractivity (Wildman–Crippen MR) is 102 cm³/mol. The zero-order chi connectivity index (χ0) is 13.7. The maximum absolute atomic E-state index is 6.09. The number of thiophene rings is 1. The van der Waals surface area contributed by atoms with Crippen LogP contribution in [0, 0.1) is 7.14 Å². The highest BCUT2D eigenvalue weighted by atomic mass is 127. The summed E-state index contributed by atoms with van der Waals surface area (Å²) in [5.74, 6) is 0.998. The fourth-order valence-corrected chi connectivity index (χ4v) is 5.64. The first-order chi connectivity index (χ1) is 9.75. The van der Waals surface area contributed by atoms with Crippen molar-refractivity contribution in [1.29, 1.82) is 0 Å². The molecule has 4 aromatic rings. The van der Waals surface area contributed by atoms with Gasteiger partial charge in [0.1, 0.15) is 5.58 Å². The van der Waals surface area contributed by atoms with Crippen molar-refractivity contribution in [2.24, 2.45) is 0 Å². The molecule has 0 fully saturated rings. The standard InChI is InChI=1S/C16H8I2OS/c17-13-9-5-1-3-7-11(9)19-15(13)16-14(18)10-6-2-4-8-12(10)20-16/h1-8H. The van der Waals surface area contributed by atoms with Crippen LogP contribution in [0.1, 0.15) is 0 Å². The summed E-state index contributed by atoms with van der Waals surface area (Å²) in [4.78, 5) is 1.23. The smallest absolute Gasteiger partial charge is 0.159 e. The number of rotatable bonds is 1. The highest BCUT2D eigenvalue weighted by Gasteiger charge is 2.19. The minimum absolute atomic E-state index is 0.958. The van der Waals surface area contributed by atoms with Crippen molar-refractivity contribution in [3.05, 3.63) is 55.7 Å². The second-order valence-corrected chi connectivity index (χ2v) is 7.69. The average Bonchev–Trinajstić information content (AvgIpc) is 2.98. The summed E-state index contributed by atoms with van der Waals surface area (Å²) in [7, 11) is 0. The van der Waals surface area contributed by atoms with Gasteiger partial charge in [-0.2, -0.15) is 0 Å². The first-order valence-electron chi connectivity index (χ1n) is 6.10. The Morgan fingerprint density at radius 3 is 2.25 bits per heavy atom. The van der Waals surface area contributed by atoms with Gasteiger partial charge in [-0.1, -0.05) is 36.4 Å². The first-order valence-corrected chi connectivity index (χ1v) is 9.07. The van der Waals surface area contributed by atoms with E-state index in [-0.39, 0.29) is 0 Å². The summed E-state index contributed by atoms with van der Waals surface area (Å²) >= 11 is 6.61. The summed E-state index contributed by atoms with van der Waals surface area (Å²) in [6.45, 7) is 0. The lowest BCUT2D eigenvalue weighted by atomic mass is 10.2. The monoisotopic (exact) mass is 502 g/mol. The molecule has 98 valence electrons. The molecule has 4 rings (SSSR count). The summed E-state index contributed by atoms with van der Waals surface area (Å²) in [5, 5.41) is 2.50. The Balaban J connectivity index is 2.06. The van der Waals surface area contributed by atoms with E-state index in [0.29, 0.717) is 0 Å². The van der Waals surface area contributed by atoms with Gasteiger partial charge >= 0.3 is 0 Å². The lowest BCUT2D eigenvalue weighted by Crippen LogP contribution is -1.75. The third-order valence-corrected chi connectivity index (χ3v) is 7.00. The van der Waals surface area contributed by atoms with Gasteiger partial charge < -0.3 is 4.42 Å². The topological polar surface area (TPSA) is 13.1 Å². The van der Waals surface area contributed by atoms with E-state index >= 15 is 0 Å². The number of hydrogen-bond donors (Lipinski definition) is 0. The summed E-state index contributed by atoms with van der Waals surface area (Å²) in [6, 6.07) is 16.7. The summed E-state index contributed by atoms with van der Waals surface area (Å²) < 4.78 is 9.88. The number of furan rings is 1. The second-order valence-electron chi connectivity index (χ2n) is 4.48. The lowest BCUT2D eigenvalue weighted by Gasteiger charge is -1.94. The van der Waals surface area contributed by atoms with Gasteiger partial charge in [-0.05, 0) is 57.3 Å². The first kappa shape index (κ1) is 13.1. The SMILES string of the molecule is Ic1c(-c2sc3ccccc3c2I)oc2ccccc12. The van der Waals surface area contributed by atoms with Crippen LogP contribution in [0.5, 0.6) is 0 Å². The molecule has 0 aliphatic carbocycles. The van der Waals surface area contributed by atoms with Gasteiger partial charge in [-0.25, -0.2) is 0 Å². The van der Waals surface area contributed by atoms with Crippen molar-refractivity contribution in [3.8, 4) is 10.6 Å². The van der Waals surface area contributed by atoms with Gasteiger partial charge in [0, 0.05) is 19.0 Å². The molecule has 2 aromatic heterocycles. The van der Waals surface area contributed by atoms with Crippen LogP contribution in [0.2, 0.25) is 0 Å². The Morgan fingerprint density at radius 1 is 0.800 bits per heavy atom. The number of hydrogen-bond acceptors (Lipinski definition) is 2. The Bertz CT molecular complexity index is 858. The van der Waals surface area contributed by atoms with Crippen molar-refractivity contribution < 1.29 is 4.42 Å². The zero-order valence-corrected chi connectivity index (χ0v) is 15.3. The largest absolute Gasteiger partial charge is 0.454 e. The fraction of sp³-hybridized carbons (Fsp3) is 0. The van der Waals surface area contributed by atoms with E-state index in [9.17, 15) is 0 Å². The number of fused-ring (bicyclic) bond motifs is 2. The molecule has 0 amide bonds. The highest BCUT2D eigenvalue weighted by molar-refractivity contribution is 14.1. The molecule has 0 saturated heterocycles.